The largest absolute Gasteiger partial charge is 0.369 e. The monoisotopic (exact) mass is 330 g/mol. The molecule has 24 heavy (non-hydrogen) atoms. The van der Waals surface area contributed by atoms with E-state index in [1.165, 1.54) is 11.8 Å². The highest BCUT2D eigenvalue weighted by atomic mass is 16.2. The zero-order valence-electron chi connectivity index (χ0n) is 14.5. The van der Waals surface area contributed by atoms with Crippen molar-refractivity contribution in [2.75, 3.05) is 56.5 Å². The van der Waals surface area contributed by atoms with Crippen molar-refractivity contribution in [3.8, 4) is 0 Å². The average Bonchev–Trinajstić information content (AvgIpc) is 2.56. The third-order valence-electron chi connectivity index (χ3n) is 4.15. The van der Waals surface area contributed by atoms with Crippen LogP contribution in [-0.4, -0.2) is 67.9 Å². The van der Waals surface area contributed by atoms with Crippen LogP contribution in [0.5, 0.6) is 0 Å². The standard InChI is InChI=1S/C18H26N4O2/c1-4-9-22(15(2)23)14-18(24)19-16-5-7-17(8-6-16)21-12-10-20(3)11-13-21/h4-8H,1,9-14H2,2-3H3,(H,19,24). The van der Waals surface area contributed by atoms with Crippen molar-refractivity contribution in [1.82, 2.24) is 9.80 Å². The number of nitrogens with one attached hydrogen (secondary N) is 1. The number of amides is 2. The number of carbonyl (C=O) groups excluding carboxylic acids is 2. The van der Waals surface area contributed by atoms with Crippen molar-refractivity contribution in [3.05, 3.63) is 36.9 Å². The summed E-state index contributed by atoms with van der Waals surface area (Å²) in [6.07, 6.45) is 1.61. The van der Waals surface area contributed by atoms with Crippen molar-refractivity contribution in [2.24, 2.45) is 0 Å². The lowest BCUT2D eigenvalue weighted by molar-refractivity contribution is -0.132. The molecule has 0 atom stereocenters. The molecule has 1 N–H and O–H groups in total. The number of nitrogens with zero attached hydrogens (tertiary/aromatic N) is 3. The maximum atomic E-state index is 12.1. The minimum Gasteiger partial charge on any atom is -0.369 e. The van der Waals surface area contributed by atoms with Gasteiger partial charge in [0, 0.05) is 51.0 Å². The fourth-order valence-electron chi connectivity index (χ4n) is 2.65. The molecule has 1 saturated heterocycles. The summed E-state index contributed by atoms with van der Waals surface area (Å²) in [7, 11) is 2.13. The maximum absolute atomic E-state index is 12.1. The van der Waals surface area contributed by atoms with Crippen LogP contribution in [0.25, 0.3) is 0 Å². The molecular weight excluding hydrogens is 304 g/mol. The van der Waals surface area contributed by atoms with E-state index in [2.05, 4.69) is 28.7 Å². The van der Waals surface area contributed by atoms with Crippen molar-refractivity contribution >= 4 is 23.2 Å². The van der Waals surface area contributed by atoms with Gasteiger partial charge in [-0.2, -0.15) is 0 Å². The molecule has 6 heteroatoms. The molecule has 130 valence electrons. The molecule has 1 aromatic carbocycles. The van der Waals surface area contributed by atoms with Crippen LogP contribution in [0.3, 0.4) is 0 Å². The number of rotatable bonds is 6. The number of hydrogen-bond donors (Lipinski definition) is 1. The molecule has 1 aliphatic rings. The SMILES string of the molecule is C=CCN(CC(=O)Nc1ccc(N2CCN(C)CC2)cc1)C(C)=O. The first kappa shape index (κ1) is 18.0. The molecule has 0 spiro atoms. The Hall–Kier alpha value is -2.34. The van der Waals surface area contributed by atoms with Crippen LogP contribution in [0.2, 0.25) is 0 Å². The summed E-state index contributed by atoms with van der Waals surface area (Å²) in [5, 5.41) is 2.83. The zero-order valence-corrected chi connectivity index (χ0v) is 14.5. The first-order valence-electron chi connectivity index (χ1n) is 8.19. The predicted octanol–water partition coefficient (Wildman–Crippen LogP) is 1.41. The van der Waals surface area contributed by atoms with Gasteiger partial charge in [0.05, 0.1) is 0 Å². The van der Waals surface area contributed by atoms with Gasteiger partial charge in [-0.25, -0.2) is 0 Å². The molecule has 0 saturated carbocycles. The highest BCUT2D eigenvalue weighted by Gasteiger charge is 2.15. The van der Waals surface area contributed by atoms with E-state index in [1.807, 2.05) is 24.3 Å². The Morgan fingerprint density at radius 1 is 1.21 bits per heavy atom. The molecule has 0 aliphatic carbocycles. The van der Waals surface area contributed by atoms with Crippen molar-refractivity contribution in [3.63, 3.8) is 0 Å². The van der Waals surface area contributed by atoms with Crippen molar-refractivity contribution in [1.29, 1.82) is 0 Å². The van der Waals surface area contributed by atoms with Crippen LogP contribution in [-0.2, 0) is 9.59 Å². The van der Waals surface area contributed by atoms with Gasteiger partial charge in [-0.15, -0.1) is 6.58 Å². The Morgan fingerprint density at radius 2 is 1.83 bits per heavy atom. The molecule has 1 aromatic rings. The van der Waals surface area contributed by atoms with Gasteiger partial charge in [-0.1, -0.05) is 6.08 Å². The Kier molecular flexibility index (Phi) is 6.37. The van der Waals surface area contributed by atoms with E-state index < -0.39 is 0 Å². The van der Waals surface area contributed by atoms with E-state index in [0.717, 1.165) is 37.6 Å². The summed E-state index contributed by atoms with van der Waals surface area (Å²) in [6.45, 7) is 9.58. The van der Waals surface area contributed by atoms with Gasteiger partial charge in [-0.3, -0.25) is 9.59 Å². The molecule has 1 heterocycles. The maximum Gasteiger partial charge on any atom is 0.244 e. The van der Waals surface area contributed by atoms with Crippen molar-refractivity contribution < 1.29 is 9.59 Å². The normalized spacial score (nSPS) is 15.0. The van der Waals surface area contributed by atoms with E-state index in [1.54, 1.807) is 6.08 Å². The number of carbonyl (C=O) groups is 2. The average molecular weight is 330 g/mol. The summed E-state index contributed by atoms with van der Waals surface area (Å²) in [5.41, 5.74) is 1.90. The Bertz CT molecular complexity index is 577. The zero-order chi connectivity index (χ0) is 17.5. The molecule has 2 amide bonds. The van der Waals surface area contributed by atoms with Gasteiger partial charge in [0.1, 0.15) is 6.54 Å². The fraction of sp³-hybridized carbons (Fsp3) is 0.444. The second-order valence-corrected chi connectivity index (χ2v) is 6.07. The van der Waals surface area contributed by atoms with Crippen LogP contribution in [0.1, 0.15) is 6.92 Å². The van der Waals surface area contributed by atoms with E-state index in [9.17, 15) is 9.59 Å². The van der Waals surface area contributed by atoms with Gasteiger partial charge in [0.25, 0.3) is 0 Å². The minimum atomic E-state index is -0.209. The third kappa shape index (κ3) is 5.09. The Morgan fingerprint density at radius 3 is 2.38 bits per heavy atom. The highest BCUT2D eigenvalue weighted by molar-refractivity contribution is 5.94. The fourth-order valence-corrected chi connectivity index (χ4v) is 2.65. The number of benzene rings is 1. The molecule has 6 nitrogen and oxygen atoms in total. The molecule has 2 rings (SSSR count). The number of piperazine rings is 1. The molecule has 1 aliphatic heterocycles. The number of anilines is 2. The van der Waals surface area contributed by atoms with E-state index in [4.69, 9.17) is 0 Å². The summed E-state index contributed by atoms with van der Waals surface area (Å²) in [5.74, 6) is -0.352. The first-order valence-corrected chi connectivity index (χ1v) is 8.19. The lowest BCUT2D eigenvalue weighted by Gasteiger charge is -2.34. The van der Waals surface area contributed by atoms with Crippen LogP contribution in [0.15, 0.2) is 36.9 Å². The van der Waals surface area contributed by atoms with E-state index >= 15 is 0 Å². The van der Waals surface area contributed by atoms with E-state index in [-0.39, 0.29) is 18.4 Å². The highest BCUT2D eigenvalue weighted by Crippen LogP contribution is 2.19. The van der Waals surface area contributed by atoms with E-state index in [0.29, 0.717) is 6.54 Å². The Balaban J connectivity index is 1.90. The summed E-state index contributed by atoms with van der Waals surface area (Å²) >= 11 is 0. The van der Waals surface area contributed by atoms with Gasteiger partial charge in [0.2, 0.25) is 11.8 Å². The Labute approximate surface area is 143 Å². The quantitative estimate of drug-likeness (QED) is 0.802. The van der Waals surface area contributed by atoms with Gasteiger partial charge in [-0.05, 0) is 31.3 Å². The first-order chi connectivity index (χ1) is 11.5. The van der Waals surface area contributed by atoms with Crippen LogP contribution in [0.4, 0.5) is 11.4 Å². The van der Waals surface area contributed by atoms with Crippen LogP contribution >= 0.6 is 0 Å². The smallest absolute Gasteiger partial charge is 0.244 e. The van der Waals surface area contributed by atoms with Crippen LogP contribution in [0, 0.1) is 0 Å². The molecule has 0 aromatic heterocycles. The lowest BCUT2D eigenvalue weighted by atomic mass is 10.2. The topological polar surface area (TPSA) is 55.9 Å². The molecule has 0 radical (unpaired) electrons. The lowest BCUT2D eigenvalue weighted by Crippen LogP contribution is -2.44. The third-order valence-corrected chi connectivity index (χ3v) is 4.15. The summed E-state index contributed by atoms with van der Waals surface area (Å²) < 4.78 is 0. The molecular formula is C18H26N4O2. The number of hydrogen-bond acceptors (Lipinski definition) is 4. The van der Waals surface area contributed by atoms with Gasteiger partial charge in [0.15, 0.2) is 0 Å². The second-order valence-electron chi connectivity index (χ2n) is 6.07. The summed E-state index contributed by atoms with van der Waals surface area (Å²) in [6, 6.07) is 7.84. The molecule has 1 fully saturated rings. The molecule has 0 bridgehead atoms. The van der Waals surface area contributed by atoms with Crippen LogP contribution < -0.4 is 10.2 Å². The van der Waals surface area contributed by atoms with Crippen molar-refractivity contribution in [2.45, 2.75) is 6.92 Å². The minimum absolute atomic E-state index is 0.0293. The molecule has 0 unspecified atom stereocenters. The predicted molar refractivity (Wildman–Crippen MR) is 97.2 cm³/mol. The number of likely N-dealkylation sites (N-methyl/N-ethyl adjacent to an activating group) is 1. The second kappa shape index (κ2) is 8.49. The van der Waals surface area contributed by atoms with Gasteiger partial charge >= 0.3 is 0 Å². The summed E-state index contributed by atoms with van der Waals surface area (Å²) in [4.78, 5) is 29.6. The van der Waals surface area contributed by atoms with Gasteiger partial charge < -0.3 is 20.0 Å².